The summed E-state index contributed by atoms with van der Waals surface area (Å²) < 4.78 is 5.12. The van der Waals surface area contributed by atoms with Crippen molar-refractivity contribution in [2.24, 2.45) is 0 Å². The van der Waals surface area contributed by atoms with Crippen LogP contribution in [0.1, 0.15) is 11.1 Å². The third-order valence-corrected chi connectivity index (χ3v) is 4.04. The fourth-order valence-electron chi connectivity index (χ4n) is 2.06. The molecule has 0 unspecified atom stereocenters. The molecule has 0 fully saturated rings. The van der Waals surface area contributed by atoms with Crippen LogP contribution in [0.4, 0.5) is 4.79 Å². The Labute approximate surface area is 140 Å². The van der Waals surface area contributed by atoms with Crippen LogP contribution >= 0.6 is 11.8 Å². The molecule has 0 aromatic heterocycles. The van der Waals surface area contributed by atoms with E-state index in [-0.39, 0.29) is 6.61 Å². The predicted octanol–water partition coefficient (Wildman–Crippen LogP) is 3.44. The number of hydrogen-bond acceptors (Lipinski definition) is 4. The lowest BCUT2D eigenvalue weighted by molar-refractivity contribution is -0.109. The Hall–Kier alpha value is -2.27. The summed E-state index contributed by atoms with van der Waals surface area (Å²) in [7, 11) is 0. The lowest BCUT2D eigenvalue weighted by atomic mass is 10.1. The molecule has 4 nitrogen and oxygen atoms in total. The molecular formula is C18H19NO3S. The number of amides is 1. The van der Waals surface area contributed by atoms with Gasteiger partial charge in [-0.25, -0.2) is 4.79 Å². The Morgan fingerprint density at radius 3 is 2.43 bits per heavy atom. The minimum atomic E-state index is -0.599. The number of alkyl carbamates (subject to hydrolysis) is 1. The minimum Gasteiger partial charge on any atom is -0.445 e. The average Bonchev–Trinajstić information content (AvgIpc) is 2.61. The molecule has 1 amide bonds. The molecule has 0 heterocycles. The molecule has 5 heteroatoms. The van der Waals surface area contributed by atoms with Gasteiger partial charge in [0.05, 0.1) is 6.04 Å². The second-order valence-electron chi connectivity index (χ2n) is 5.00. The predicted molar refractivity (Wildman–Crippen MR) is 91.5 cm³/mol. The molecule has 0 bridgehead atoms. The Balaban J connectivity index is 1.83. The van der Waals surface area contributed by atoms with Gasteiger partial charge in [0, 0.05) is 4.90 Å². The molecule has 0 aliphatic carbocycles. The van der Waals surface area contributed by atoms with Crippen molar-refractivity contribution in [3.63, 3.8) is 0 Å². The minimum absolute atomic E-state index is 0.181. The number of aldehydes is 1. The Morgan fingerprint density at radius 1 is 1.13 bits per heavy atom. The van der Waals surface area contributed by atoms with Gasteiger partial charge >= 0.3 is 6.09 Å². The fraction of sp³-hybridized carbons (Fsp3) is 0.222. The van der Waals surface area contributed by atoms with Gasteiger partial charge in [0.2, 0.25) is 0 Å². The van der Waals surface area contributed by atoms with Crippen molar-refractivity contribution in [1.82, 2.24) is 5.32 Å². The lowest BCUT2D eigenvalue weighted by Gasteiger charge is -2.13. The Morgan fingerprint density at radius 2 is 1.83 bits per heavy atom. The summed E-state index contributed by atoms with van der Waals surface area (Å²) in [5, 5.41) is 2.58. The molecular weight excluding hydrogens is 310 g/mol. The number of rotatable bonds is 7. The average molecular weight is 329 g/mol. The van der Waals surface area contributed by atoms with Crippen LogP contribution in [0.15, 0.2) is 59.5 Å². The first kappa shape index (κ1) is 17.1. The van der Waals surface area contributed by atoms with E-state index in [1.54, 1.807) is 11.8 Å². The first-order valence-electron chi connectivity index (χ1n) is 7.26. The van der Waals surface area contributed by atoms with Gasteiger partial charge in [-0.3, -0.25) is 0 Å². The number of thioether (sulfide) groups is 1. The standard InChI is InChI=1S/C18H19NO3S/c1-23-17-9-7-14(8-10-17)11-16(12-20)19-18(21)22-13-15-5-3-2-4-6-15/h2-10,12,16H,11,13H2,1H3,(H,19,21)/t16-/m1/s1. The van der Waals surface area contributed by atoms with E-state index in [0.717, 1.165) is 22.3 Å². The summed E-state index contributed by atoms with van der Waals surface area (Å²) >= 11 is 1.66. The number of ether oxygens (including phenoxy) is 1. The normalized spacial score (nSPS) is 11.5. The first-order chi connectivity index (χ1) is 11.2. The number of carbonyl (C=O) groups excluding carboxylic acids is 2. The zero-order chi connectivity index (χ0) is 16.5. The first-order valence-corrected chi connectivity index (χ1v) is 8.49. The quantitative estimate of drug-likeness (QED) is 0.624. The highest BCUT2D eigenvalue weighted by molar-refractivity contribution is 7.98. The van der Waals surface area contributed by atoms with Crippen LogP contribution < -0.4 is 5.32 Å². The van der Waals surface area contributed by atoms with Gasteiger partial charge in [-0.05, 0) is 35.9 Å². The van der Waals surface area contributed by atoms with Crippen LogP contribution in [0.25, 0.3) is 0 Å². The maximum Gasteiger partial charge on any atom is 0.408 e. The highest BCUT2D eigenvalue weighted by atomic mass is 32.2. The summed E-state index contributed by atoms with van der Waals surface area (Å²) in [5.74, 6) is 0. The van der Waals surface area contributed by atoms with Gasteiger partial charge in [0.15, 0.2) is 0 Å². The van der Waals surface area contributed by atoms with E-state index in [9.17, 15) is 9.59 Å². The van der Waals surface area contributed by atoms with Gasteiger partial charge in [0.1, 0.15) is 12.9 Å². The Kier molecular flexibility index (Phi) is 6.69. The van der Waals surface area contributed by atoms with Gasteiger partial charge in [-0.15, -0.1) is 11.8 Å². The number of carbonyl (C=O) groups is 2. The second kappa shape index (κ2) is 9.00. The summed E-state index contributed by atoms with van der Waals surface area (Å²) in [6.07, 6.45) is 2.59. The smallest absolute Gasteiger partial charge is 0.408 e. The van der Waals surface area contributed by atoms with Gasteiger partial charge < -0.3 is 14.8 Å². The van der Waals surface area contributed by atoms with Crippen molar-refractivity contribution in [1.29, 1.82) is 0 Å². The van der Waals surface area contributed by atoms with Crippen LogP contribution in [0.3, 0.4) is 0 Å². The fourth-order valence-corrected chi connectivity index (χ4v) is 2.47. The molecule has 23 heavy (non-hydrogen) atoms. The maximum absolute atomic E-state index is 11.8. The lowest BCUT2D eigenvalue weighted by Crippen LogP contribution is -2.37. The molecule has 0 aliphatic heterocycles. The van der Waals surface area contributed by atoms with Crippen molar-refractivity contribution in [3.05, 3.63) is 65.7 Å². The monoisotopic (exact) mass is 329 g/mol. The molecule has 1 atom stereocenters. The zero-order valence-corrected chi connectivity index (χ0v) is 13.7. The van der Waals surface area contributed by atoms with Crippen LogP contribution in [-0.2, 0) is 22.6 Å². The van der Waals surface area contributed by atoms with E-state index < -0.39 is 12.1 Å². The van der Waals surface area contributed by atoms with Crippen LogP contribution in [0.5, 0.6) is 0 Å². The molecule has 0 spiro atoms. The van der Waals surface area contributed by atoms with Crippen LogP contribution in [0, 0.1) is 0 Å². The summed E-state index contributed by atoms with van der Waals surface area (Å²) in [6.45, 7) is 0.181. The number of hydrogen-bond donors (Lipinski definition) is 1. The van der Waals surface area contributed by atoms with Gasteiger partial charge in [-0.2, -0.15) is 0 Å². The molecule has 0 saturated heterocycles. The molecule has 0 aliphatic rings. The van der Waals surface area contributed by atoms with E-state index >= 15 is 0 Å². The highest BCUT2D eigenvalue weighted by Gasteiger charge is 2.13. The molecule has 2 aromatic carbocycles. The topological polar surface area (TPSA) is 55.4 Å². The van der Waals surface area contributed by atoms with Gasteiger partial charge in [0.25, 0.3) is 0 Å². The third kappa shape index (κ3) is 5.79. The molecule has 0 radical (unpaired) electrons. The van der Waals surface area contributed by atoms with Crippen molar-refractivity contribution in [2.45, 2.75) is 24.0 Å². The molecule has 120 valence electrons. The van der Waals surface area contributed by atoms with Crippen molar-refractivity contribution in [3.8, 4) is 0 Å². The van der Waals surface area contributed by atoms with E-state index in [4.69, 9.17) is 4.74 Å². The van der Waals surface area contributed by atoms with E-state index in [0.29, 0.717) is 6.42 Å². The second-order valence-corrected chi connectivity index (χ2v) is 5.88. The highest BCUT2D eigenvalue weighted by Crippen LogP contribution is 2.15. The van der Waals surface area contributed by atoms with E-state index in [2.05, 4.69) is 5.32 Å². The molecule has 2 rings (SSSR count). The van der Waals surface area contributed by atoms with Crippen LogP contribution in [-0.4, -0.2) is 24.7 Å². The number of nitrogens with one attached hydrogen (secondary N) is 1. The van der Waals surface area contributed by atoms with Crippen molar-refractivity contribution in [2.75, 3.05) is 6.26 Å². The van der Waals surface area contributed by atoms with Crippen molar-refractivity contribution < 1.29 is 14.3 Å². The Bertz CT molecular complexity index is 628. The molecule has 2 aromatic rings. The summed E-state index contributed by atoms with van der Waals surface area (Å²) in [5.41, 5.74) is 1.89. The van der Waals surface area contributed by atoms with Crippen LogP contribution in [0.2, 0.25) is 0 Å². The number of benzene rings is 2. The summed E-state index contributed by atoms with van der Waals surface area (Å²) in [6, 6.07) is 16.7. The molecule has 1 N–H and O–H groups in total. The SMILES string of the molecule is CSc1ccc(C[C@H](C=O)NC(=O)OCc2ccccc2)cc1. The largest absolute Gasteiger partial charge is 0.445 e. The van der Waals surface area contributed by atoms with E-state index in [1.165, 1.54) is 0 Å². The van der Waals surface area contributed by atoms with E-state index in [1.807, 2.05) is 60.9 Å². The maximum atomic E-state index is 11.8. The zero-order valence-electron chi connectivity index (χ0n) is 12.9. The summed E-state index contributed by atoms with van der Waals surface area (Å²) in [4.78, 5) is 24.1. The van der Waals surface area contributed by atoms with Gasteiger partial charge in [-0.1, -0.05) is 42.5 Å². The third-order valence-electron chi connectivity index (χ3n) is 3.29. The van der Waals surface area contributed by atoms with Crippen molar-refractivity contribution >= 4 is 24.1 Å². The molecule has 0 saturated carbocycles.